The van der Waals surface area contributed by atoms with Gasteiger partial charge in [0.2, 0.25) is 0 Å². The molecule has 1 unspecified atom stereocenters. The maximum atomic E-state index is 13.6. The third-order valence-electron chi connectivity index (χ3n) is 6.39. The third kappa shape index (κ3) is 6.46. The van der Waals surface area contributed by atoms with Crippen molar-refractivity contribution < 1.29 is 23.6 Å². The second kappa shape index (κ2) is 11.0. The lowest BCUT2D eigenvalue weighted by molar-refractivity contribution is 0.0125. The molecule has 1 atom stereocenters. The van der Waals surface area contributed by atoms with Crippen molar-refractivity contribution in [2.24, 2.45) is 0 Å². The molecule has 1 saturated heterocycles. The summed E-state index contributed by atoms with van der Waals surface area (Å²) in [6, 6.07) is 3.93. The number of carbonyl (C=O) groups excluding carboxylic acids is 1. The second-order valence-corrected chi connectivity index (χ2v) is 11.2. The van der Waals surface area contributed by atoms with Gasteiger partial charge in [-0.3, -0.25) is 4.57 Å². The second-order valence-electron chi connectivity index (χ2n) is 11.2. The Labute approximate surface area is 211 Å². The number of carbonyl (C=O) groups is 1. The van der Waals surface area contributed by atoms with E-state index in [4.69, 9.17) is 23.8 Å². The Morgan fingerprint density at radius 3 is 2.46 bits per heavy atom. The molecule has 0 saturated carbocycles. The predicted octanol–water partition coefficient (Wildman–Crippen LogP) is 6.12. The lowest BCUT2D eigenvalue weighted by Gasteiger charge is -2.29. The predicted molar refractivity (Wildman–Crippen MR) is 140 cm³/mol. The van der Waals surface area contributed by atoms with Gasteiger partial charge < -0.3 is 18.8 Å². The van der Waals surface area contributed by atoms with Crippen molar-refractivity contribution in [1.82, 2.24) is 9.55 Å². The zero-order valence-corrected chi connectivity index (χ0v) is 23.1. The molecule has 2 aromatic heterocycles. The molecule has 1 fully saturated rings. The molecule has 0 amide bonds. The Morgan fingerprint density at radius 1 is 1.20 bits per heavy atom. The first-order chi connectivity index (χ1) is 16.4. The van der Waals surface area contributed by atoms with Gasteiger partial charge in [-0.05, 0) is 90.8 Å². The Kier molecular flexibility index (Phi) is 8.71. The van der Waals surface area contributed by atoms with Crippen molar-refractivity contribution in [3.05, 3.63) is 23.4 Å². The van der Waals surface area contributed by atoms with Crippen molar-refractivity contribution in [2.75, 3.05) is 13.2 Å². The summed E-state index contributed by atoms with van der Waals surface area (Å²) in [5.74, 6) is 0.0718. The molecule has 0 aromatic carbocycles. The average molecular weight is 486 g/mol. The molecular weight excluding hydrogens is 443 g/mol. The van der Waals surface area contributed by atoms with Crippen LogP contribution in [0.25, 0.3) is 11.0 Å². The van der Waals surface area contributed by atoms with Crippen LogP contribution < -0.4 is 5.59 Å². The number of fused-ring (bicyclic) bond motifs is 1. The van der Waals surface area contributed by atoms with Gasteiger partial charge in [0.1, 0.15) is 5.60 Å². The van der Waals surface area contributed by atoms with Crippen molar-refractivity contribution in [1.29, 1.82) is 0 Å². The van der Waals surface area contributed by atoms with Gasteiger partial charge >= 0.3 is 13.2 Å². The van der Waals surface area contributed by atoms with Gasteiger partial charge in [-0.15, -0.1) is 0 Å². The van der Waals surface area contributed by atoms with E-state index in [2.05, 4.69) is 20.8 Å². The first-order valence-electron chi connectivity index (χ1n) is 13.1. The SMILES string of the molecule is CCOB(OC(C)(C)CC)c1c(C(C)C)c2nc(C3CCCCO3)ccc2n1C(=O)OC(C)(C)C. The standard InChI is InChI=1S/C27H43BN2O5/c1-10-27(8,9)35-28(33-11-2)24-22(18(3)4)23-20(30(24)25(31)34-26(5,6)7)16-15-19(29-23)21-14-12-13-17-32-21/h15-16,18,21H,10-14,17H2,1-9H3. The first-order valence-corrected chi connectivity index (χ1v) is 13.1. The van der Waals surface area contributed by atoms with E-state index in [0.717, 1.165) is 49.1 Å². The van der Waals surface area contributed by atoms with Crippen molar-refractivity contribution in [2.45, 2.75) is 111 Å². The molecule has 3 rings (SSSR count). The highest BCUT2D eigenvalue weighted by atomic mass is 16.6. The molecular formula is C27H43BN2O5. The van der Waals surface area contributed by atoms with Crippen LogP contribution in [0.1, 0.15) is 111 Å². The number of pyridine rings is 1. The quantitative estimate of drug-likeness (QED) is 0.419. The minimum Gasteiger partial charge on any atom is -0.443 e. The van der Waals surface area contributed by atoms with Crippen LogP contribution in [0, 0.1) is 0 Å². The largest absolute Gasteiger partial charge is 0.512 e. The van der Waals surface area contributed by atoms with Crippen LogP contribution in [0.5, 0.6) is 0 Å². The van der Waals surface area contributed by atoms with Gasteiger partial charge in [0.25, 0.3) is 0 Å². The highest BCUT2D eigenvalue weighted by Gasteiger charge is 2.39. The molecule has 35 heavy (non-hydrogen) atoms. The van der Waals surface area contributed by atoms with Crippen LogP contribution in [-0.4, -0.2) is 47.2 Å². The van der Waals surface area contributed by atoms with E-state index in [0.29, 0.717) is 17.7 Å². The molecule has 0 spiro atoms. The van der Waals surface area contributed by atoms with Gasteiger partial charge in [0.15, 0.2) is 0 Å². The fraction of sp³-hybridized carbons (Fsp3) is 0.704. The van der Waals surface area contributed by atoms with Crippen molar-refractivity contribution >= 4 is 29.8 Å². The van der Waals surface area contributed by atoms with E-state index in [9.17, 15) is 4.79 Å². The van der Waals surface area contributed by atoms with Crippen LogP contribution in [0.4, 0.5) is 4.79 Å². The van der Waals surface area contributed by atoms with E-state index in [1.54, 1.807) is 4.57 Å². The van der Waals surface area contributed by atoms with Gasteiger partial charge in [0.05, 0.1) is 28.4 Å². The summed E-state index contributed by atoms with van der Waals surface area (Å²) < 4.78 is 26.1. The summed E-state index contributed by atoms with van der Waals surface area (Å²) in [4.78, 5) is 18.7. The van der Waals surface area contributed by atoms with E-state index in [1.165, 1.54) is 0 Å². The first kappa shape index (κ1) is 27.7. The normalized spacial score (nSPS) is 17.3. The minimum atomic E-state index is -0.747. The number of hydrogen-bond acceptors (Lipinski definition) is 6. The highest BCUT2D eigenvalue weighted by molar-refractivity contribution is 6.62. The Balaban J connectivity index is 2.28. The van der Waals surface area contributed by atoms with E-state index in [-0.39, 0.29) is 12.0 Å². The molecule has 8 heteroatoms. The summed E-state index contributed by atoms with van der Waals surface area (Å²) in [6.07, 6.45) is 3.45. The molecule has 194 valence electrons. The third-order valence-corrected chi connectivity index (χ3v) is 6.39. The molecule has 2 aromatic rings. The topological polar surface area (TPSA) is 71.8 Å². The zero-order valence-electron chi connectivity index (χ0n) is 23.1. The molecule has 0 aliphatic carbocycles. The molecule has 1 aliphatic rings. The number of nitrogens with zero attached hydrogens (tertiary/aromatic N) is 2. The molecule has 0 bridgehead atoms. The minimum absolute atomic E-state index is 0.0283. The molecule has 3 heterocycles. The fourth-order valence-electron chi connectivity index (χ4n) is 4.37. The van der Waals surface area contributed by atoms with Crippen LogP contribution in [0.3, 0.4) is 0 Å². The monoisotopic (exact) mass is 486 g/mol. The van der Waals surface area contributed by atoms with Crippen LogP contribution >= 0.6 is 0 Å². The molecule has 1 aliphatic heterocycles. The van der Waals surface area contributed by atoms with Gasteiger partial charge in [-0.1, -0.05) is 20.8 Å². The van der Waals surface area contributed by atoms with E-state index >= 15 is 0 Å². The van der Waals surface area contributed by atoms with Crippen LogP contribution in [-0.2, 0) is 18.8 Å². The highest BCUT2D eigenvalue weighted by Crippen LogP contribution is 2.32. The Hall–Kier alpha value is -1.90. The summed E-state index contributed by atoms with van der Waals surface area (Å²) in [6.45, 7) is 19.1. The summed E-state index contributed by atoms with van der Waals surface area (Å²) in [7, 11) is -0.747. The fourth-order valence-corrected chi connectivity index (χ4v) is 4.37. The van der Waals surface area contributed by atoms with E-state index in [1.807, 2.05) is 53.7 Å². The maximum absolute atomic E-state index is 13.6. The van der Waals surface area contributed by atoms with Crippen molar-refractivity contribution in [3.63, 3.8) is 0 Å². The van der Waals surface area contributed by atoms with Crippen LogP contribution in [0.15, 0.2) is 12.1 Å². The van der Waals surface area contributed by atoms with Crippen molar-refractivity contribution in [3.8, 4) is 0 Å². The molecule has 7 nitrogen and oxygen atoms in total. The summed E-state index contributed by atoms with van der Waals surface area (Å²) in [5, 5.41) is 0. The smallest absolute Gasteiger partial charge is 0.443 e. The zero-order chi connectivity index (χ0) is 26.0. The lowest BCUT2D eigenvalue weighted by Crippen LogP contribution is -2.50. The summed E-state index contributed by atoms with van der Waals surface area (Å²) >= 11 is 0. The Bertz CT molecular complexity index is 1020. The number of ether oxygens (including phenoxy) is 2. The van der Waals surface area contributed by atoms with Gasteiger partial charge in [0, 0.05) is 18.8 Å². The molecule has 0 radical (unpaired) electrons. The average Bonchev–Trinajstić information content (AvgIpc) is 3.13. The lowest BCUT2D eigenvalue weighted by atomic mass is 9.77. The number of hydrogen-bond donors (Lipinski definition) is 0. The number of aromatic nitrogens is 2. The molecule has 0 N–H and O–H groups in total. The van der Waals surface area contributed by atoms with E-state index < -0.39 is 24.4 Å². The van der Waals surface area contributed by atoms with Gasteiger partial charge in [-0.25, -0.2) is 9.78 Å². The van der Waals surface area contributed by atoms with Gasteiger partial charge in [-0.2, -0.15) is 0 Å². The Morgan fingerprint density at radius 2 is 1.91 bits per heavy atom. The van der Waals surface area contributed by atoms with Crippen LogP contribution in [0.2, 0.25) is 0 Å². The number of rotatable bonds is 8. The summed E-state index contributed by atoms with van der Waals surface area (Å²) in [5.41, 5.74) is 2.86. The maximum Gasteiger partial charge on any atom is 0.512 e.